The monoisotopic (exact) mass is 315 g/mol. The van der Waals surface area contributed by atoms with E-state index in [1.807, 2.05) is 23.6 Å². The van der Waals surface area contributed by atoms with Crippen LogP contribution in [0, 0.1) is 0 Å². The Labute approximate surface area is 139 Å². The van der Waals surface area contributed by atoms with Gasteiger partial charge >= 0.3 is 0 Å². The van der Waals surface area contributed by atoms with Crippen LogP contribution in [0.3, 0.4) is 0 Å². The minimum absolute atomic E-state index is 0.649. The Morgan fingerprint density at radius 3 is 2.43 bits per heavy atom. The normalized spacial score (nSPS) is 20.7. The van der Waals surface area contributed by atoms with Crippen LogP contribution in [0.4, 0.5) is 0 Å². The van der Waals surface area contributed by atoms with E-state index >= 15 is 0 Å². The lowest BCUT2D eigenvalue weighted by atomic mass is 9.67. The van der Waals surface area contributed by atoms with Gasteiger partial charge in [0.15, 0.2) is 0 Å². The van der Waals surface area contributed by atoms with Crippen LogP contribution in [-0.2, 0) is 0 Å². The number of nitrogens with zero attached hydrogens (tertiary/aromatic N) is 1. The van der Waals surface area contributed by atoms with E-state index in [1.165, 1.54) is 39.4 Å². The minimum Gasteiger partial charge on any atom is -0.256 e. The van der Waals surface area contributed by atoms with E-state index in [1.54, 1.807) is 0 Å². The molecule has 0 N–H and O–H groups in total. The molecular weight excluding hydrogens is 298 g/mol. The molecule has 1 fully saturated rings. The van der Waals surface area contributed by atoms with Crippen molar-refractivity contribution in [3.05, 3.63) is 77.3 Å². The van der Waals surface area contributed by atoms with Crippen molar-refractivity contribution in [3.63, 3.8) is 0 Å². The summed E-state index contributed by atoms with van der Waals surface area (Å²) in [6.07, 6.45) is 4.45. The first-order valence-electron chi connectivity index (χ1n) is 8.20. The summed E-state index contributed by atoms with van der Waals surface area (Å²) in [6, 6.07) is 20.2. The topological polar surface area (TPSA) is 12.9 Å². The molecule has 112 valence electrons. The van der Waals surface area contributed by atoms with E-state index < -0.39 is 0 Å². The number of pyridine rings is 1. The SMILES string of the molecule is c1cnc2ccc(C3CCC3c3ccc4sccc4c3)cc2c1. The van der Waals surface area contributed by atoms with Crippen LogP contribution < -0.4 is 0 Å². The Balaban J connectivity index is 1.52. The maximum Gasteiger partial charge on any atom is 0.0702 e. The van der Waals surface area contributed by atoms with E-state index in [-0.39, 0.29) is 0 Å². The molecule has 1 aliphatic carbocycles. The van der Waals surface area contributed by atoms with E-state index in [2.05, 4.69) is 58.9 Å². The Hall–Kier alpha value is -2.19. The second kappa shape index (κ2) is 5.17. The fourth-order valence-electron chi connectivity index (χ4n) is 3.84. The lowest BCUT2D eigenvalue weighted by molar-refractivity contribution is 0.347. The van der Waals surface area contributed by atoms with Crippen molar-refractivity contribution in [1.82, 2.24) is 4.98 Å². The Morgan fingerprint density at radius 1 is 0.826 bits per heavy atom. The van der Waals surface area contributed by atoms with Crippen molar-refractivity contribution in [2.24, 2.45) is 0 Å². The van der Waals surface area contributed by atoms with Gasteiger partial charge in [0.1, 0.15) is 0 Å². The first-order chi connectivity index (χ1) is 11.4. The van der Waals surface area contributed by atoms with Gasteiger partial charge in [-0.25, -0.2) is 0 Å². The molecule has 2 heteroatoms. The quantitative estimate of drug-likeness (QED) is 0.435. The number of fused-ring (bicyclic) bond motifs is 2. The molecule has 5 rings (SSSR count). The number of rotatable bonds is 2. The van der Waals surface area contributed by atoms with Crippen LogP contribution in [0.25, 0.3) is 21.0 Å². The van der Waals surface area contributed by atoms with Crippen LogP contribution >= 0.6 is 11.3 Å². The molecule has 0 spiro atoms. The molecule has 0 aliphatic heterocycles. The van der Waals surface area contributed by atoms with E-state index in [4.69, 9.17) is 0 Å². The standard InChI is InChI=1S/C21H17NS/c1-2-16-12-14(3-7-20(16)22-10-1)18-5-6-19(18)15-4-8-21-17(13-15)9-11-23-21/h1-4,7-13,18-19H,5-6H2. The fraction of sp³-hybridized carbons (Fsp3) is 0.190. The highest BCUT2D eigenvalue weighted by atomic mass is 32.1. The highest BCUT2D eigenvalue weighted by molar-refractivity contribution is 7.17. The van der Waals surface area contributed by atoms with Crippen molar-refractivity contribution in [3.8, 4) is 0 Å². The number of hydrogen-bond donors (Lipinski definition) is 0. The van der Waals surface area contributed by atoms with Gasteiger partial charge in [-0.15, -0.1) is 11.3 Å². The summed E-state index contributed by atoms with van der Waals surface area (Å²) in [5.74, 6) is 1.31. The molecule has 2 atom stereocenters. The smallest absolute Gasteiger partial charge is 0.0702 e. The van der Waals surface area contributed by atoms with E-state index in [0.29, 0.717) is 11.8 Å². The number of hydrogen-bond acceptors (Lipinski definition) is 2. The Bertz CT molecular complexity index is 1000. The van der Waals surface area contributed by atoms with Gasteiger partial charge in [0.2, 0.25) is 0 Å². The number of benzene rings is 2. The van der Waals surface area contributed by atoms with Crippen LogP contribution in [0.15, 0.2) is 66.2 Å². The van der Waals surface area contributed by atoms with Crippen molar-refractivity contribution in [1.29, 1.82) is 0 Å². The summed E-state index contributed by atoms with van der Waals surface area (Å²) in [5.41, 5.74) is 4.05. The molecular formula is C21H17NS. The van der Waals surface area contributed by atoms with Gasteiger partial charge < -0.3 is 0 Å². The van der Waals surface area contributed by atoms with Crippen molar-refractivity contribution in [2.75, 3.05) is 0 Å². The van der Waals surface area contributed by atoms with E-state index in [0.717, 1.165) is 5.52 Å². The lowest BCUT2D eigenvalue weighted by Gasteiger charge is -2.37. The zero-order valence-corrected chi connectivity index (χ0v) is 13.6. The van der Waals surface area contributed by atoms with E-state index in [9.17, 15) is 0 Å². The van der Waals surface area contributed by atoms with Gasteiger partial charge in [-0.1, -0.05) is 24.3 Å². The first kappa shape index (κ1) is 13.3. The van der Waals surface area contributed by atoms with Gasteiger partial charge in [-0.3, -0.25) is 4.98 Å². The molecule has 23 heavy (non-hydrogen) atoms. The molecule has 2 aromatic carbocycles. The molecule has 4 aromatic rings. The molecule has 0 saturated heterocycles. The highest BCUT2D eigenvalue weighted by Crippen LogP contribution is 2.49. The van der Waals surface area contributed by atoms with Crippen LogP contribution in [-0.4, -0.2) is 4.98 Å². The van der Waals surface area contributed by atoms with Crippen molar-refractivity contribution < 1.29 is 0 Å². The summed E-state index contributed by atoms with van der Waals surface area (Å²) >= 11 is 1.82. The van der Waals surface area contributed by atoms with Gasteiger partial charge in [0.05, 0.1) is 5.52 Å². The zero-order chi connectivity index (χ0) is 15.2. The van der Waals surface area contributed by atoms with Crippen molar-refractivity contribution in [2.45, 2.75) is 24.7 Å². The van der Waals surface area contributed by atoms with Crippen LogP contribution in [0.5, 0.6) is 0 Å². The van der Waals surface area contributed by atoms with Crippen LogP contribution in [0.1, 0.15) is 35.8 Å². The first-order valence-corrected chi connectivity index (χ1v) is 9.08. The molecule has 1 aliphatic rings. The van der Waals surface area contributed by atoms with Gasteiger partial charge in [0, 0.05) is 16.3 Å². The summed E-state index contributed by atoms with van der Waals surface area (Å²) in [6.45, 7) is 0. The summed E-state index contributed by atoms with van der Waals surface area (Å²) < 4.78 is 1.39. The highest BCUT2D eigenvalue weighted by Gasteiger charge is 2.33. The third-order valence-corrected chi connectivity index (χ3v) is 6.13. The Morgan fingerprint density at radius 2 is 1.61 bits per heavy atom. The molecule has 0 bridgehead atoms. The molecule has 2 unspecified atom stereocenters. The number of thiophene rings is 1. The largest absolute Gasteiger partial charge is 0.256 e. The predicted molar refractivity (Wildman–Crippen MR) is 98.3 cm³/mol. The molecule has 2 aromatic heterocycles. The summed E-state index contributed by atoms with van der Waals surface area (Å²) in [7, 11) is 0. The number of aromatic nitrogens is 1. The zero-order valence-electron chi connectivity index (χ0n) is 12.8. The van der Waals surface area contributed by atoms with Crippen LogP contribution in [0.2, 0.25) is 0 Å². The predicted octanol–water partition coefficient (Wildman–Crippen LogP) is 6.11. The molecule has 1 nitrogen and oxygen atoms in total. The molecule has 0 radical (unpaired) electrons. The lowest BCUT2D eigenvalue weighted by Crippen LogP contribution is -2.21. The summed E-state index contributed by atoms with van der Waals surface area (Å²) in [5, 5.41) is 4.83. The average Bonchev–Trinajstić information content (AvgIpc) is 3.01. The fourth-order valence-corrected chi connectivity index (χ4v) is 4.61. The maximum atomic E-state index is 4.43. The maximum absolute atomic E-state index is 4.43. The average molecular weight is 315 g/mol. The minimum atomic E-state index is 0.649. The Kier molecular flexibility index (Phi) is 2.98. The molecule has 0 amide bonds. The molecule has 1 saturated carbocycles. The second-order valence-corrected chi connectivity index (χ2v) is 7.41. The van der Waals surface area contributed by atoms with Gasteiger partial charge in [-0.2, -0.15) is 0 Å². The second-order valence-electron chi connectivity index (χ2n) is 6.46. The van der Waals surface area contributed by atoms with Gasteiger partial charge in [0.25, 0.3) is 0 Å². The molecule has 2 heterocycles. The summed E-state index contributed by atoms with van der Waals surface area (Å²) in [4.78, 5) is 4.43. The van der Waals surface area contributed by atoms with Gasteiger partial charge in [-0.05, 0) is 76.9 Å². The third kappa shape index (κ3) is 2.17. The van der Waals surface area contributed by atoms with Crippen molar-refractivity contribution >= 4 is 32.3 Å². The third-order valence-electron chi connectivity index (χ3n) is 5.23.